The highest BCUT2D eigenvalue weighted by molar-refractivity contribution is 5.79. The SMILES string of the molecule is CC(C)(C)CC(=O)CC1OC2CC/C=C/CCC21. The van der Waals surface area contributed by atoms with E-state index in [9.17, 15) is 4.79 Å². The third kappa shape index (κ3) is 3.68. The number of ether oxygens (including phenoxy) is 1. The van der Waals surface area contributed by atoms with Crippen LogP contribution in [-0.4, -0.2) is 18.0 Å². The van der Waals surface area contributed by atoms with Gasteiger partial charge in [0.25, 0.3) is 0 Å². The van der Waals surface area contributed by atoms with Crippen LogP contribution in [0.2, 0.25) is 0 Å². The van der Waals surface area contributed by atoms with Gasteiger partial charge < -0.3 is 4.74 Å². The molecule has 18 heavy (non-hydrogen) atoms. The first-order valence-electron chi connectivity index (χ1n) is 7.28. The zero-order valence-corrected chi connectivity index (χ0v) is 11.9. The zero-order valence-electron chi connectivity index (χ0n) is 11.9. The van der Waals surface area contributed by atoms with Gasteiger partial charge in [0.15, 0.2) is 0 Å². The maximum absolute atomic E-state index is 12.0. The predicted octanol–water partition coefficient (Wildman–Crippen LogP) is 3.90. The molecule has 1 aliphatic heterocycles. The summed E-state index contributed by atoms with van der Waals surface area (Å²) in [4.78, 5) is 12.0. The van der Waals surface area contributed by atoms with Crippen molar-refractivity contribution < 1.29 is 9.53 Å². The molecule has 2 nitrogen and oxygen atoms in total. The molecule has 0 aromatic rings. The fourth-order valence-electron chi connectivity index (χ4n) is 3.10. The Balaban J connectivity index is 1.81. The highest BCUT2D eigenvalue weighted by atomic mass is 16.5. The van der Waals surface area contributed by atoms with Crippen LogP contribution in [-0.2, 0) is 9.53 Å². The van der Waals surface area contributed by atoms with Gasteiger partial charge in [0.2, 0.25) is 0 Å². The molecule has 2 heteroatoms. The molecule has 0 bridgehead atoms. The van der Waals surface area contributed by atoms with E-state index in [1.54, 1.807) is 0 Å². The van der Waals surface area contributed by atoms with Crippen LogP contribution in [0, 0.1) is 11.3 Å². The zero-order chi connectivity index (χ0) is 13.2. The summed E-state index contributed by atoms with van der Waals surface area (Å²) in [6, 6.07) is 0. The van der Waals surface area contributed by atoms with E-state index in [4.69, 9.17) is 4.74 Å². The van der Waals surface area contributed by atoms with E-state index in [2.05, 4.69) is 32.9 Å². The minimum absolute atomic E-state index is 0.101. The molecule has 1 heterocycles. The van der Waals surface area contributed by atoms with Gasteiger partial charge in [0.05, 0.1) is 12.2 Å². The number of ketones is 1. The Morgan fingerprint density at radius 2 is 1.89 bits per heavy atom. The average molecular weight is 250 g/mol. The number of allylic oxidation sites excluding steroid dienone is 2. The molecule has 0 spiro atoms. The standard InChI is InChI=1S/C16H26O2/c1-16(2,3)11-12(17)10-15-13-8-6-4-5-7-9-14(13)18-15/h4-5,13-15H,6-11H2,1-3H3/b5-4+. The van der Waals surface area contributed by atoms with Gasteiger partial charge in [-0.2, -0.15) is 0 Å². The first-order valence-corrected chi connectivity index (χ1v) is 7.28. The molecular formula is C16H26O2. The van der Waals surface area contributed by atoms with Crippen molar-refractivity contribution in [3.63, 3.8) is 0 Å². The number of hydrogen-bond donors (Lipinski definition) is 0. The normalized spacial score (nSPS) is 33.8. The highest BCUT2D eigenvalue weighted by Gasteiger charge is 2.42. The average Bonchev–Trinajstić information content (AvgIpc) is 2.18. The van der Waals surface area contributed by atoms with E-state index < -0.39 is 0 Å². The Kier molecular flexibility index (Phi) is 4.26. The Morgan fingerprint density at radius 1 is 1.22 bits per heavy atom. The molecule has 2 aliphatic rings. The van der Waals surface area contributed by atoms with Crippen molar-refractivity contribution in [3.05, 3.63) is 12.2 Å². The lowest BCUT2D eigenvalue weighted by Crippen LogP contribution is -2.50. The van der Waals surface area contributed by atoms with Crippen LogP contribution in [0.3, 0.4) is 0 Å². The number of carbonyl (C=O) groups excluding carboxylic acids is 1. The highest BCUT2D eigenvalue weighted by Crippen LogP contribution is 2.39. The van der Waals surface area contributed by atoms with Crippen molar-refractivity contribution >= 4 is 5.78 Å². The third-order valence-electron chi connectivity index (χ3n) is 3.91. The van der Waals surface area contributed by atoms with Crippen molar-refractivity contribution in [2.45, 2.75) is 71.5 Å². The Bertz CT molecular complexity index is 324. The molecule has 1 saturated heterocycles. The van der Waals surface area contributed by atoms with E-state index in [0.717, 1.165) is 19.3 Å². The molecule has 1 aliphatic carbocycles. The molecular weight excluding hydrogens is 224 g/mol. The van der Waals surface area contributed by atoms with Gasteiger partial charge in [-0.3, -0.25) is 4.79 Å². The van der Waals surface area contributed by atoms with Gasteiger partial charge in [-0.25, -0.2) is 0 Å². The summed E-state index contributed by atoms with van der Waals surface area (Å²) in [5.41, 5.74) is 0.101. The second-order valence-electron chi connectivity index (χ2n) is 6.98. The number of rotatable bonds is 3. The second kappa shape index (κ2) is 5.56. The summed E-state index contributed by atoms with van der Waals surface area (Å²) in [7, 11) is 0. The molecule has 0 amide bonds. The minimum Gasteiger partial charge on any atom is -0.374 e. The number of fused-ring (bicyclic) bond motifs is 1. The molecule has 3 atom stereocenters. The van der Waals surface area contributed by atoms with Crippen molar-refractivity contribution in [2.75, 3.05) is 0 Å². The van der Waals surface area contributed by atoms with Crippen molar-refractivity contribution in [3.8, 4) is 0 Å². The quantitative estimate of drug-likeness (QED) is 0.710. The summed E-state index contributed by atoms with van der Waals surface area (Å²) in [5, 5.41) is 0. The Hall–Kier alpha value is -0.630. The van der Waals surface area contributed by atoms with E-state index in [1.807, 2.05) is 0 Å². The fraction of sp³-hybridized carbons (Fsp3) is 0.812. The Labute approximate surface area is 111 Å². The molecule has 0 aromatic heterocycles. The smallest absolute Gasteiger partial charge is 0.136 e. The Morgan fingerprint density at radius 3 is 2.56 bits per heavy atom. The van der Waals surface area contributed by atoms with E-state index >= 15 is 0 Å². The number of hydrogen-bond acceptors (Lipinski definition) is 2. The van der Waals surface area contributed by atoms with Gasteiger partial charge >= 0.3 is 0 Å². The van der Waals surface area contributed by atoms with Crippen molar-refractivity contribution in [2.24, 2.45) is 11.3 Å². The number of Topliss-reactive ketones (excluding diaryl/α,β-unsaturated/α-hetero) is 1. The minimum atomic E-state index is 0.101. The van der Waals surface area contributed by atoms with Crippen molar-refractivity contribution in [1.29, 1.82) is 0 Å². The lowest BCUT2D eigenvalue weighted by atomic mass is 9.78. The largest absolute Gasteiger partial charge is 0.374 e. The summed E-state index contributed by atoms with van der Waals surface area (Å²) in [5.74, 6) is 0.988. The fourth-order valence-corrected chi connectivity index (χ4v) is 3.10. The van der Waals surface area contributed by atoms with Crippen LogP contribution in [0.5, 0.6) is 0 Å². The molecule has 2 rings (SSSR count). The van der Waals surface area contributed by atoms with E-state index in [-0.39, 0.29) is 11.5 Å². The van der Waals surface area contributed by atoms with Crippen LogP contribution in [0.1, 0.15) is 59.3 Å². The van der Waals surface area contributed by atoms with Gasteiger partial charge in [-0.1, -0.05) is 32.9 Å². The first kappa shape index (κ1) is 13.8. The molecule has 0 N–H and O–H groups in total. The molecule has 3 unspecified atom stereocenters. The van der Waals surface area contributed by atoms with Crippen LogP contribution >= 0.6 is 0 Å². The van der Waals surface area contributed by atoms with Crippen LogP contribution < -0.4 is 0 Å². The van der Waals surface area contributed by atoms with Crippen LogP contribution in [0.4, 0.5) is 0 Å². The van der Waals surface area contributed by atoms with Gasteiger partial charge in [-0.15, -0.1) is 0 Å². The molecule has 0 saturated carbocycles. The van der Waals surface area contributed by atoms with E-state index in [1.165, 1.54) is 6.42 Å². The van der Waals surface area contributed by atoms with Gasteiger partial charge in [-0.05, 0) is 31.1 Å². The topological polar surface area (TPSA) is 26.3 Å². The summed E-state index contributed by atoms with van der Waals surface area (Å²) < 4.78 is 5.91. The lowest BCUT2D eigenvalue weighted by molar-refractivity contribution is -0.192. The lowest BCUT2D eigenvalue weighted by Gasteiger charge is -2.45. The first-order chi connectivity index (χ1) is 8.46. The molecule has 0 radical (unpaired) electrons. The monoisotopic (exact) mass is 250 g/mol. The van der Waals surface area contributed by atoms with Crippen LogP contribution in [0.15, 0.2) is 12.2 Å². The molecule has 102 valence electrons. The summed E-state index contributed by atoms with van der Waals surface area (Å²) >= 11 is 0. The summed E-state index contributed by atoms with van der Waals surface area (Å²) in [6.07, 6.45) is 11.1. The molecule has 1 fully saturated rings. The van der Waals surface area contributed by atoms with Gasteiger partial charge in [0.1, 0.15) is 5.78 Å². The number of carbonyl (C=O) groups is 1. The van der Waals surface area contributed by atoms with E-state index in [0.29, 0.717) is 30.6 Å². The van der Waals surface area contributed by atoms with Crippen molar-refractivity contribution in [1.82, 2.24) is 0 Å². The van der Waals surface area contributed by atoms with Gasteiger partial charge in [0, 0.05) is 18.8 Å². The van der Waals surface area contributed by atoms with Crippen LogP contribution in [0.25, 0.3) is 0 Å². The maximum atomic E-state index is 12.0. The molecule has 0 aromatic carbocycles. The second-order valence-corrected chi connectivity index (χ2v) is 6.98. The maximum Gasteiger partial charge on any atom is 0.136 e. The third-order valence-corrected chi connectivity index (χ3v) is 3.91. The predicted molar refractivity (Wildman–Crippen MR) is 73.5 cm³/mol. The summed E-state index contributed by atoms with van der Waals surface area (Å²) in [6.45, 7) is 6.36.